The molecule has 0 radical (unpaired) electrons. The summed E-state index contributed by atoms with van der Waals surface area (Å²) in [5.41, 5.74) is 1.53. The first-order valence-electron chi connectivity index (χ1n) is 8.93. The number of nitrogens with zero attached hydrogens (tertiary/aromatic N) is 2. The van der Waals surface area contributed by atoms with Gasteiger partial charge in [-0.2, -0.15) is 0 Å². The number of hydrogen-bond donors (Lipinski definition) is 0. The van der Waals surface area contributed by atoms with Crippen molar-refractivity contribution < 1.29 is 14.3 Å². The Labute approximate surface area is 193 Å². The molecule has 0 spiro atoms. The van der Waals surface area contributed by atoms with Crippen LogP contribution in [0.2, 0.25) is 5.02 Å². The zero-order chi connectivity index (χ0) is 21.5. The number of aliphatic imine (C=N–C) groups is 1. The van der Waals surface area contributed by atoms with Crippen molar-refractivity contribution in [2.75, 3.05) is 26.9 Å². The summed E-state index contributed by atoms with van der Waals surface area (Å²) in [6.07, 6.45) is 7.02. The van der Waals surface area contributed by atoms with Crippen LogP contribution in [0.5, 0.6) is 5.75 Å². The predicted molar refractivity (Wildman–Crippen MR) is 126 cm³/mol. The molecule has 1 fully saturated rings. The molecular formula is C22H18BrClN2O3S. The summed E-state index contributed by atoms with van der Waals surface area (Å²) in [7, 11) is 1.60. The highest BCUT2D eigenvalue weighted by molar-refractivity contribution is 9.10. The van der Waals surface area contributed by atoms with Crippen LogP contribution in [0.15, 0.2) is 56.8 Å². The molecule has 2 aromatic carbocycles. The maximum atomic E-state index is 13.0. The monoisotopic (exact) mass is 504 g/mol. The van der Waals surface area contributed by atoms with Crippen molar-refractivity contribution >= 4 is 62.1 Å². The summed E-state index contributed by atoms with van der Waals surface area (Å²) in [5, 5.41) is 1.00. The van der Waals surface area contributed by atoms with E-state index in [1.807, 2.05) is 36.4 Å². The SMILES string of the molecule is C#CCOc1c(Cl)cc(/C=C2/SC(=Nc3ccccc3)N(CCOC)C2=O)cc1Br. The van der Waals surface area contributed by atoms with Crippen molar-refractivity contribution in [2.24, 2.45) is 4.99 Å². The maximum absolute atomic E-state index is 13.0. The summed E-state index contributed by atoms with van der Waals surface area (Å²) in [6.45, 7) is 0.932. The Hall–Kier alpha value is -2.24. The number of amidine groups is 1. The first-order valence-corrected chi connectivity index (χ1v) is 10.9. The van der Waals surface area contributed by atoms with Crippen LogP contribution in [0.3, 0.4) is 0 Å². The third-order valence-corrected chi connectivity index (χ3v) is 5.88. The van der Waals surface area contributed by atoms with Crippen LogP contribution in [-0.2, 0) is 9.53 Å². The number of carbonyl (C=O) groups excluding carboxylic acids is 1. The Kier molecular flexibility index (Phi) is 8.00. The number of thioether (sulfide) groups is 1. The van der Waals surface area contributed by atoms with Crippen LogP contribution >= 0.6 is 39.3 Å². The van der Waals surface area contributed by atoms with Gasteiger partial charge < -0.3 is 9.47 Å². The largest absolute Gasteiger partial charge is 0.478 e. The second kappa shape index (κ2) is 10.7. The number of ether oxygens (including phenoxy) is 2. The normalized spacial score (nSPS) is 16.3. The van der Waals surface area contributed by atoms with E-state index < -0.39 is 0 Å². The van der Waals surface area contributed by atoms with Gasteiger partial charge in [-0.3, -0.25) is 9.69 Å². The first-order chi connectivity index (χ1) is 14.5. The number of terminal acetylenes is 1. The van der Waals surface area contributed by atoms with Gasteiger partial charge >= 0.3 is 0 Å². The van der Waals surface area contributed by atoms with Gasteiger partial charge in [0.1, 0.15) is 6.61 Å². The van der Waals surface area contributed by atoms with Gasteiger partial charge in [0, 0.05) is 7.11 Å². The lowest BCUT2D eigenvalue weighted by Crippen LogP contribution is -2.32. The maximum Gasteiger partial charge on any atom is 0.266 e. The predicted octanol–water partition coefficient (Wildman–Crippen LogP) is 5.36. The molecule has 0 saturated carbocycles. The molecule has 1 aliphatic heterocycles. The Bertz CT molecular complexity index is 1010. The number of para-hydroxylation sites is 1. The topological polar surface area (TPSA) is 51.1 Å². The summed E-state index contributed by atoms with van der Waals surface area (Å²) < 4.78 is 11.3. The zero-order valence-corrected chi connectivity index (χ0v) is 19.3. The van der Waals surface area contributed by atoms with E-state index in [0.717, 1.165) is 11.3 Å². The molecule has 0 N–H and O–H groups in total. The third-order valence-electron chi connectivity index (χ3n) is 4.01. The molecule has 0 bridgehead atoms. The Morgan fingerprint density at radius 3 is 2.77 bits per heavy atom. The lowest BCUT2D eigenvalue weighted by molar-refractivity contribution is -0.122. The van der Waals surface area contributed by atoms with Gasteiger partial charge in [0.25, 0.3) is 5.91 Å². The van der Waals surface area contributed by atoms with Crippen LogP contribution in [0.25, 0.3) is 6.08 Å². The molecular weight excluding hydrogens is 488 g/mol. The molecule has 0 aromatic heterocycles. The minimum absolute atomic E-state index is 0.112. The fourth-order valence-electron chi connectivity index (χ4n) is 2.65. The van der Waals surface area contributed by atoms with Crippen molar-refractivity contribution in [3.05, 3.63) is 62.4 Å². The molecule has 5 nitrogen and oxygen atoms in total. The minimum atomic E-state index is -0.133. The van der Waals surface area contributed by atoms with Gasteiger partial charge in [0.2, 0.25) is 0 Å². The van der Waals surface area contributed by atoms with Crippen molar-refractivity contribution in [1.82, 2.24) is 4.90 Å². The number of carbonyl (C=O) groups is 1. The number of methoxy groups -OCH3 is 1. The molecule has 1 heterocycles. The minimum Gasteiger partial charge on any atom is -0.478 e. The average Bonchev–Trinajstić information content (AvgIpc) is 3.01. The number of rotatable bonds is 7. The second-order valence-electron chi connectivity index (χ2n) is 6.10. The van der Waals surface area contributed by atoms with Crippen LogP contribution in [0, 0.1) is 12.3 Å². The van der Waals surface area contributed by atoms with Crippen molar-refractivity contribution in [3.63, 3.8) is 0 Å². The highest BCUT2D eigenvalue weighted by Crippen LogP contribution is 2.38. The Morgan fingerprint density at radius 1 is 1.33 bits per heavy atom. The molecule has 0 aliphatic carbocycles. The smallest absolute Gasteiger partial charge is 0.266 e. The number of amides is 1. The molecule has 1 saturated heterocycles. The summed E-state index contributed by atoms with van der Waals surface area (Å²) in [4.78, 5) is 19.8. The summed E-state index contributed by atoms with van der Waals surface area (Å²) >= 11 is 11.1. The lowest BCUT2D eigenvalue weighted by atomic mass is 10.2. The van der Waals surface area contributed by atoms with E-state index in [2.05, 4.69) is 26.8 Å². The molecule has 1 amide bonds. The fourth-order valence-corrected chi connectivity index (χ4v) is 4.66. The van der Waals surface area contributed by atoms with E-state index in [4.69, 9.17) is 27.5 Å². The van der Waals surface area contributed by atoms with Crippen LogP contribution in [0.4, 0.5) is 5.69 Å². The number of halogens is 2. The standard InChI is InChI=1S/C22H18BrClN2O3S/c1-3-10-29-20-17(23)12-15(13-18(20)24)14-19-21(27)26(9-11-28-2)22(30-19)25-16-7-5-4-6-8-16/h1,4-8,12-14H,9-11H2,2H3/b19-14+,25-22?. The van der Waals surface area contributed by atoms with E-state index in [1.54, 1.807) is 24.2 Å². The molecule has 8 heteroatoms. The van der Waals surface area contributed by atoms with E-state index >= 15 is 0 Å². The average molecular weight is 506 g/mol. The summed E-state index contributed by atoms with van der Waals surface area (Å²) in [6, 6.07) is 13.1. The molecule has 0 atom stereocenters. The van der Waals surface area contributed by atoms with Gasteiger partial charge in [-0.15, -0.1) is 6.42 Å². The molecule has 1 aliphatic rings. The van der Waals surface area contributed by atoms with Gasteiger partial charge in [0.15, 0.2) is 10.9 Å². The van der Waals surface area contributed by atoms with Crippen LogP contribution in [-0.4, -0.2) is 42.8 Å². The van der Waals surface area contributed by atoms with Crippen molar-refractivity contribution in [1.29, 1.82) is 0 Å². The zero-order valence-electron chi connectivity index (χ0n) is 16.1. The van der Waals surface area contributed by atoms with E-state index in [9.17, 15) is 4.79 Å². The highest BCUT2D eigenvalue weighted by atomic mass is 79.9. The van der Waals surface area contributed by atoms with Gasteiger partial charge in [-0.25, -0.2) is 4.99 Å². The Balaban J connectivity index is 1.92. The van der Waals surface area contributed by atoms with E-state index in [-0.39, 0.29) is 12.5 Å². The highest BCUT2D eigenvalue weighted by Gasteiger charge is 2.33. The Morgan fingerprint density at radius 2 is 2.10 bits per heavy atom. The molecule has 30 heavy (non-hydrogen) atoms. The van der Waals surface area contributed by atoms with Gasteiger partial charge in [-0.1, -0.05) is 35.7 Å². The van der Waals surface area contributed by atoms with Crippen LogP contribution < -0.4 is 4.74 Å². The number of hydrogen-bond acceptors (Lipinski definition) is 5. The van der Waals surface area contributed by atoms with E-state index in [0.29, 0.717) is 38.5 Å². The van der Waals surface area contributed by atoms with Gasteiger partial charge in [0.05, 0.1) is 33.2 Å². The fraction of sp³-hybridized carbons (Fsp3) is 0.182. The third kappa shape index (κ3) is 5.46. The quantitative estimate of drug-likeness (QED) is 0.375. The van der Waals surface area contributed by atoms with Crippen molar-refractivity contribution in [3.8, 4) is 18.1 Å². The molecule has 0 unspecified atom stereocenters. The molecule has 154 valence electrons. The van der Waals surface area contributed by atoms with Crippen molar-refractivity contribution in [2.45, 2.75) is 0 Å². The number of benzene rings is 2. The molecule has 2 aromatic rings. The van der Waals surface area contributed by atoms with Crippen LogP contribution in [0.1, 0.15) is 5.56 Å². The van der Waals surface area contributed by atoms with Gasteiger partial charge in [-0.05, 0) is 63.6 Å². The van der Waals surface area contributed by atoms with E-state index in [1.165, 1.54) is 11.8 Å². The lowest BCUT2D eigenvalue weighted by Gasteiger charge is -2.14. The molecule has 3 rings (SSSR count). The second-order valence-corrected chi connectivity index (χ2v) is 8.37. The first kappa shape index (κ1) is 22.4. The summed E-state index contributed by atoms with van der Waals surface area (Å²) in [5.74, 6) is 2.74.